The van der Waals surface area contributed by atoms with Gasteiger partial charge in [-0.1, -0.05) is 0 Å². The quantitative estimate of drug-likeness (QED) is 0.755. The monoisotopic (exact) mass is 299 g/mol. The largest absolute Gasteiger partial charge is 0.444 e. The molecule has 0 aromatic rings. The van der Waals surface area contributed by atoms with E-state index >= 15 is 0 Å². The molecule has 0 spiro atoms. The van der Waals surface area contributed by atoms with Crippen molar-refractivity contribution in [3.05, 3.63) is 0 Å². The third-order valence-corrected chi connectivity index (χ3v) is 3.32. The summed E-state index contributed by atoms with van der Waals surface area (Å²) in [6.45, 7) is 10.2. The molecule has 2 amide bonds. The van der Waals surface area contributed by atoms with Gasteiger partial charge in [-0.2, -0.15) is 0 Å². The molecule has 6 nitrogen and oxygen atoms in total. The van der Waals surface area contributed by atoms with Crippen molar-refractivity contribution < 1.29 is 14.3 Å². The third kappa shape index (κ3) is 7.32. The molecular formula is C15H29N3O3. The molecule has 1 fully saturated rings. The lowest BCUT2D eigenvalue weighted by Crippen LogP contribution is -2.54. The summed E-state index contributed by atoms with van der Waals surface area (Å²) in [5.41, 5.74) is -0.460. The summed E-state index contributed by atoms with van der Waals surface area (Å²) in [6, 6.07) is 0.172. The smallest absolute Gasteiger partial charge is 0.410 e. The molecule has 2 N–H and O–H groups in total. The zero-order valence-electron chi connectivity index (χ0n) is 13.7. The van der Waals surface area contributed by atoms with Crippen LogP contribution in [0.4, 0.5) is 4.79 Å². The molecule has 1 aliphatic rings. The maximum absolute atomic E-state index is 12.2. The molecule has 1 aliphatic heterocycles. The summed E-state index contributed by atoms with van der Waals surface area (Å²) in [7, 11) is 0. The topological polar surface area (TPSA) is 70.7 Å². The Morgan fingerprint density at radius 1 is 1.33 bits per heavy atom. The van der Waals surface area contributed by atoms with Gasteiger partial charge >= 0.3 is 6.09 Å². The first-order chi connectivity index (χ1) is 9.79. The van der Waals surface area contributed by atoms with E-state index in [2.05, 4.69) is 10.6 Å². The second-order valence-corrected chi connectivity index (χ2v) is 6.51. The SMILES string of the molecule is CC(=O)NCCCCC1CNCCN1C(=O)OC(C)(C)C. The fraction of sp³-hybridized carbons (Fsp3) is 0.867. The Kier molecular flexibility index (Phi) is 6.95. The van der Waals surface area contributed by atoms with Crippen LogP contribution in [0.5, 0.6) is 0 Å². The first-order valence-corrected chi connectivity index (χ1v) is 7.74. The van der Waals surface area contributed by atoms with Gasteiger partial charge in [0.1, 0.15) is 5.60 Å². The van der Waals surface area contributed by atoms with Crippen LogP contribution in [0.3, 0.4) is 0 Å². The highest BCUT2D eigenvalue weighted by atomic mass is 16.6. The minimum atomic E-state index is -0.460. The van der Waals surface area contributed by atoms with Gasteiger partial charge in [0, 0.05) is 39.1 Å². The number of ether oxygens (including phenoxy) is 1. The lowest BCUT2D eigenvalue weighted by molar-refractivity contribution is -0.118. The van der Waals surface area contributed by atoms with Gasteiger partial charge in [0.2, 0.25) is 5.91 Å². The van der Waals surface area contributed by atoms with Crippen LogP contribution < -0.4 is 10.6 Å². The van der Waals surface area contributed by atoms with E-state index in [0.717, 1.165) is 32.4 Å². The van der Waals surface area contributed by atoms with E-state index in [4.69, 9.17) is 4.74 Å². The van der Waals surface area contributed by atoms with Crippen LogP contribution in [-0.4, -0.2) is 54.7 Å². The van der Waals surface area contributed by atoms with Gasteiger partial charge in [-0.25, -0.2) is 4.79 Å². The molecule has 0 saturated carbocycles. The number of nitrogens with one attached hydrogen (secondary N) is 2. The first kappa shape index (κ1) is 17.8. The fourth-order valence-electron chi connectivity index (χ4n) is 2.35. The molecule has 0 aromatic carbocycles. The van der Waals surface area contributed by atoms with E-state index in [0.29, 0.717) is 13.1 Å². The predicted octanol–water partition coefficient (Wildman–Crippen LogP) is 1.50. The van der Waals surface area contributed by atoms with Crippen LogP contribution in [0.2, 0.25) is 0 Å². The molecule has 1 heterocycles. The van der Waals surface area contributed by atoms with Crippen molar-refractivity contribution in [1.29, 1.82) is 0 Å². The highest BCUT2D eigenvalue weighted by Crippen LogP contribution is 2.16. The van der Waals surface area contributed by atoms with Gasteiger partial charge in [0.15, 0.2) is 0 Å². The number of amides is 2. The van der Waals surface area contributed by atoms with Crippen LogP contribution in [0.25, 0.3) is 0 Å². The molecule has 1 unspecified atom stereocenters. The van der Waals surface area contributed by atoms with Crippen molar-refractivity contribution in [2.45, 2.75) is 58.6 Å². The van der Waals surface area contributed by atoms with E-state index in [1.54, 1.807) is 0 Å². The summed E-state index contributed by atoms with van der Waals surface area (Å²) in [4.78, 5) is 24.8. The Morgan fingerprint density at radius 2 is 2.05 bits per heavy atom. The number of unbranched alkanes of at least 4 members (excludes halogenated alkanes) is 1. The highest BCUT2D eigenvalue weighted by Gasteiger charge is 2.29. The number of hydrogen-bond donors (Lipinski definition) is 2. The van der Waals surface area contributed by atoms with Crippen LogP contribution >= 0.6 is 0 Å². The van der Waals surface area contributed by atoms with Crippen molar-refractivity contribution in [3.63, 3.8) is 0 Å². The number of hydrogen-bond acceptors (Lipinski definition) is 4. The minimum absolute atomic E-state index is 0.00437. The lowest BCUT2D eigenvalue weighted by Gasteiger charge is -2.37. The number of piperazine rings is 1. The van der Waals surface area contributed by atoms with E-state index in [-0.39, 0.29) is 18.0 Å². The van der Waals surface area contributed by atoms with Crippen molar-refractivity contribution in [3.8, 4) is 0 Å². The van der Waals surface area contributed by atoms with E-state index < -0.39 is 5.60 Å². The zero-order valence-corrected chi connectivity index (χ0v) is 13.7. The van der Waals surface area contributed by atoms with Crippen molar-refractivity contribution in [1.82, 2.24) is 15.5 Å². The highest BCUT2D eigenvalue weighted by molar-refractivity contribution is 5.72. The molecule has 1 rings (SSSR count). The molecule has 0 aliphatic carbocycles. The summed E-state index contributed by atoms with van der Waals surface area (Å²) in [5, 5.41) is 6.11. The Bertz CT molecular complexity index is 353. The number of rotatable bonds is 5. The van der Waals surface area contributed by atoms with E-state index in [1.165, 1.54) is 6.92 Å². The summed E-state index contributed by atoms with van der Waals surface area (Å²) in [6.07, 6.45) is 2.60. The maximum atomic E-state index is 12.2. The average Bonchev–Trinajstić information content (AvgIpc) is 2.36. The Labute approximate surface area is 127 Å². The van der Waals surface area contributed by atoms with Gasteiger partial charge in [-0.3, -0.25) is 4.79 Å². The van der Waals surface area contributed by atoms with Crippen LogP contribution in [0, 0.1) is 0 Å². The predicted molar refractivity (Wildman–Crippen MR) is 82.1 cm³/mol. The molecule has 21 heavy (non-hydrogen) atoms. The zero-order chi connectivity index (χ0) is 15.9. The van der Waals surface area contributed by atoms with Gasteiger partial charge in [-0.05, 0) is 40.0 Å². The minimum Gasteiger partial charge on any atom is -0.444 e. The summed E-state index contributed by atoms with van der Waals surface area (Å²) < 4.78 is 5.47. The Balaban J connectivity index is 2.38. The fourth-order valence-corrected chi connectivity index (χ4v) is 2.35. The first-order valence-electron chi connectivity index (χ1n) is 7.74. The molecule has 1 atom stereocenters. The second kappa shape index (κ2) is 8.22. The molecule has 0 aromatic heterocycles. The van der Waals surface area contributed by atoms with E-state index in [1.807, 2.05) is 25.7 Å². The van der Waals surface area contributed by atoms with Gasteiger partial charge in [-0.15, -0.1) is 0 Å². The number of nitrogens with zero attached hydrogens (tertiary/aromatic N) is 1. The van der Waals surface area contributed by atoms with Crippen LogP contribution in [0.1, 0.15) is 47.0 Å². The number of carbonyl (C=O) groups is 2. The Hall–Kier alpha value is -1.30. The second-order valence-electron chi connectivity index (χ2n) is 6.51. The lowest BCUT2D eigenvalue weighted by atomic mass is 10.1. The standard InChI is InChI=1S/C15H29N3O3/c1-12(19)17-8-6-5-7-13-11-16-9-10-18(13)14(20)21-15(2,3)4/h13,16H,5-11H2,1-4H3,(H,17,19). The van der Waals surface area contributed by atoms with Gasteiger partial charge in [0.05, 0.1) is 0 Å². The van der Waals surface area contributed by atoms with Crippen molar-refractivity contribution >= 4 is 12.0 Å². The molecule has 1 saturated heterocycles. The molecular weight excluding hydrogens is 270 g/mol. The normalized spacial score (nSPS) is 19.2. The van der Waals surface area contributed by atoms with Gasteiger partial charge < -0.3 is 20.3 Å². The molecule has 6 heteroatoms. The molecule has 0 bridgehead atoms. The Morgan fingerprint density at radius 3 is 2.67 bits per heavy atom. The average molecular weight is 299 g/mol. The third-order valence-electron chi connectivity index (χ3n) is 3.32. The number of carbonyl (C=O) groups excluding carboxylic acids is 2. The van der Waals surface area contributed by atoms with Gasteiger partial charge in [0.25, 0.3) is 0 Å². The summed E-state index contributed by atoms with van der Waals surface area (Å²) in [5.74, 6) is 0.00437. The molecule has 0 radical (unpaired) electrons. The van der Waals surface area contributed by atoms with Crippen molar-refractivity contribution in [2.75, 3.05) is 26.2 Å². The summed E-state index contributed by atoms with van der Waals surface area (Å²) >= 11 is 0. The van der Waals surface area contributed by atoms with E-state index in [9.17, 15) is 9.59 Å². The van der Waals surface area contributed by atoms with Crippen LogP contribution in [-0.2, 0) is 9.53 Å². The van der Waals surface area contributed by atoms with Crippen LogP contribution in [0.15, 0.2) is 0 Å². The molecule has 122 valence electrons. The van der Waals surface area contributed by atoms with Crippen molar-refractivity contribution in [2.24, 2.45) is 0 Å². The maximum Gasteiger partial charge on any atom is 0.410 e.